The number of anilines is 1. The highest BCUT2D eigenvalue weighted by Gasteiger charge is 2.66. The number of amides is 1. The largest absolute Gasteiger partial charge is 0.489 e. The van der Waals surface area contributed by atoms with Crippen LogP contribution in [0.4, 0.5) is 10.5 Å². The summed E-state index contributed by atoms with van der Waals surface area (Å²) in [6.45, 7) is 7.14. The second-order valence-electron chi connectivity index (χ2n) is 15.0. The van der Waals surface area contributed by atoms with E-state index in [0.717, 1.165) is 16.7 Å². The van der Waals surface area contributed by atoms with Gasteiger partial charge in [0.2, 0.25) is 11.8 Å². The van der Waals surface area contributed by atoms with E-state index < -0.39 is 41.1 Å². The number of nitrogens with one attached hydrogen (secondary N) is 1. The molecule has 1 amide bonds. The quantitative estimate of drug-likeness (QED) is 0.183. The fourth-order valence-corrected chi connectivity index (χ4v) is 8.21. The highest BCUT2D eigenvalue weighted by molar-refractivity contribution is 6.12. The van der Waals surface area contributed by atoms with Gasteiger partial charge in [0.1, 0.15) is 35.9 Å². The highest BCUT2D eigenvalue weighted by Crippen LogP contribution is 2.61. The van der Waals surface area contributed by atoms with Gasteiger partial charge in [0, 0.05) is 47.9 Å². The molecule has 6 bridgehead atoms. The number of aromatic nitrogens is 2. The minimum atomic E-state index is -1.52. The van der Waals surface area contributed by atoms with Crippen LogP contribution in [0.2, 0.25) is 0 Å². The Labute approximate surface area is 316 Å². The zero-order valence-electron chi connectivity index (χ0n) is 30.9. The number of fused-ring (bicyclic) bond motifs is 5. The number of oxazole rings is 1. The maximum absolute atomic E-state index is 15.8. The topological polar surface area (TPSA) is 134 Å². The summed E-state index contributed by atoms with van der Waals surface area (Å²) in [6, 6.07) is 25.5. The number of Topliss-reactive ketones (excluding diaryl/α,β-unsaturated/α-hetero) is 1. The lowest BCUT2D eigenvalue weighted by Crippen LogP contribution is -2.54. The van der Waals surface area contributed by atoms with Gasteiger partial charge in [-0.1, -0.05) is 60.7 Å². The third-order valence-corrected chi connectivity index (χ3v) is 10.3. The van der Waals surface area contributed by atoms with Gasteiger partial charge in [0.05, 0.1) is 17.4 Å². The molecule has 0 saturated carbocycles. The van der Waals surface area contributed by atoms with Crippen molar-refractivity contribution in [1.82, 2.24) is 14.9 Å². The first-order chi connectivity index (χ1) is 26.5. The number of nitrogens with zero attached hydrogens (tertiary/aromatic N) is 3. The van der Waals surface area contributed by atoms with Gasteiger partial charge in [-0.25, -0.2) is 9.78 Å². The maximum Gasteiger partial charge on any atom is 0.419 e. The fraction of sp³-hybridized carbons (Fsp3) is 0.256. The second-order valence-corrected chi connectivity index (χ2v) is 15.0. The highest BCUT2D eigenvalue weighted by atomic mass is 16.6. The van der Waals surface area contributed by atoms with Crippen molar-refractivity contribution in [3.63, 3.8) is 0 Å². The van der Waals surface area contributed by atoms with Crippen LogP contribution in [-0.2, 0) is 31.1 Å². The molecule has 0 fully saturated rings. The van der Waals surface area contributed by atoms with E-state index in [1.807, 2.05) is 111 Å². The average Bonchev–Trinajstić information content (AvgIpc) is 3.93. The Morgan fingerprint density at radius 1 is 0.945 bits per heavy atom. The van der Waals surface area contributed by atoms with Crippen LogP contribution in [0, 0.1) is 0 Å². The van der Waals surface area contributed by atoms with Crippen LogP contribution in [0.5, 0.6) is 11.5 Å². The summed E-state index contributed by atoms with van der Waals surface area (Å²) in [5.41, 5.74) is 3.29. The summed E-state index contributed by atoms with van der Waals surface area (Å²) in [6.07, 6.45) is 1.67. The monoisotopic (exact) mass is 738 g/mol. The van der Waals surface area contributed by atoms with Crippen molar-refractivity contribution in [2.75, 3.05) is 18.7 Å². The predicted molar refractivity (Wildman–Crippen MR) is 203 cm³/mol. The van der Waals surface area contributed by atoms with Crippen molar-refractivity contribution < 1.29 is 37.7 Å². The lowest BCUT2D eigenvalue weighted by molar-refractivity contribution is -0.131. The lowest BCUT2D eigenvalue weighted by Gasteiger charge is -2.33. The van der Waals surface area contributed by atoms with Crippen molar-refractivity contribution in [2.24, 2.45) is 0 Å². The number of carbonyl (C=O) groups excluding carboxylic acids is 3. The van der Waals surface area contributed by atoms with E-state index >= 15 is 4.79 Å². The number of benzene rings is 4. The summed E-state index contributed by atoms with van der Waals surface area (Å²) >= 11 is 0. The molecule has 278 valence electrons. The van der Waals surface area contributed by atoms with E-state index in [-0.39, 0.29) is 12.6 Å². The zero-order chi connectivity index (χ0) is 38.2. The molecular formula is C43H38N4O8. The lowest BCUT2D eigenvalue weighted by atomic mass is 9.69. The number of hydrogen-bond acceptors (Lipinski definition) is 10. The maximum atomic E-state index is 15.8. The molecule has 9 rings (SSSR count). The first kappa shape index (κ1) is 34.4. The Kier molecular flexibility index (Phi) is 7.87. The number of ketones is 1. The van der Waals surface area contributed by atoms with E-state index in [2.05, 4.69) is 10.3 Å². The molecule has 0 saturated heterocycles. The SMILES string of the molecule is COCN1c2c3cccc2[C@@]2(C(=O)C(NC(C)=O)c4ncc(o4)-c4cn(C(=O)OC(C)(C)C)c5cccc-3c45)c3cc(OCc4ccccc4)ccc3OC12. The number of carbonyl (C=O) groups is 3. The van der Waals surface area contributed by atoms with E-state index in [1.54, 1.807) is 13.3 Å². The molecule has 1 N–H and O–H groups in total. The fourth-order valence-electron chi connectivity index (χ4n) is 8.21. The molecule has 1 spiro atoms. The molecule has 3 aliphatic heterocycles. The predicted octanol–water partition coefficient (Wildman–Crippen LogP) is 7.51. The molecule has 2 aromatic heterocycles. The molecule has 3 aliphatic rings. The number of methoxy groups -OCH3 is 1. The Morgan fingerprint density at radius 2 is 1.73 bits per heavy atom. The summed E-state index contributed by atoms with van der Waals surface area (Å²) in [4.78, 5) is 49.0. The van der Waals surface area contributed by atoms with E-state index in [1.165, 1.54) is 17.7 Å². The van der Waals surface area contributed by atoms with Crippen molar-refractivity contribution in [3.05, 3.63) is 120 Å². The van der Waals surface area contributed by atoms with Crippen molar-refractivity contribution >= 4 is 34.4 Å². The summed E-state index contributed by atoms with van der Waals surface area (Å²) in [5, 5.41) is 3.56. The molecule has 12 nitrogen and oxygen atoms in total. The minimum absolute atomic E-state index is 0.0209. The molecule has 12 heteroatoms. The number of para-hydroxylation sites is 1. The Hall–Kier alpha value is -6.40. The van der Waals surface area contributed by atoms with Gasteiger partial charge in [-0.15, -0.1) is 0 Å². The van der Waals surface area contributed by atoms with Crippen molar-refractivity contribution in [3.8, 4) is 33.9 Å². The average molecular weight is 739 g/mol. The van der Waals surface area contributed by atoms with Crippen LogP contribution >= 0.6 is 0 Å². The van der Waals surface area contributed by atoms with Gasteiger partial charge in [-0.3, -0.25) is 14.2 Å². The third-order valence-electron chi connectivity index (χ3n) is 10.3. The van der Waals surface area contributed by atoms with Crippen LogP contribution < -0.4 is 19.7 Å². The van der Waals surface area contributed by atoms with Crippen LogP contribution in [0.15, 0.2) is 102 Å². The van der Waals surface area contributed by atoms with Crippen LogP contribution in [-0.4, -0.2) is 53.0 Å². The Balaban J connectivity index is 1.34. The molecular weight excluding hydrogens is 700 g/mol. The normalized spacial score (nSPS) is 19.2. The van der Waals surface area contributed by atoms with Gasteiger partial charge in [0.25, 0.3) is 0 Å². The van der Waals surface area contributed by atoms with Crippen LogP contribution in [0.1, 0.15) is 56.3 Å². The van der Waals surface area contributed by atoms with Crippen LogP contribution in [0.3, 0.4) is 0 Å². The van der Waals surface area contributed by atoms with E-state index in [9.17, 15) is 9.59 Å². The standard InChI is InChI=1S/C43H38N4O8/c1-24(48)45-36-38(49)43-30-15-9-14-28(27-13-10-16-32-35(27)29(34-20-44-39(36)53-34)21-46(32)41(50)55-42(2,3)4)37(30)47(23-51-5)40(43)54-33-18-17-26(19-31(33)43)52-22-25-11-7-6-8-12-25/h6-21,36,40H,22-23H2,1-5H3,(H,45,48)/t36?,40?,43-/m0/s1. The molecule has 2 unspecified atom stereocenters. The van der Waals surface area contributed by atoms with Gasteiger partial charge in [-0.05, 0) is 56.2 Å². The first-order valence-electron chi connectivity index (χ1n) is 18.0. The Morgan fingerprint density at radius 3 is 2.49 bits per heavy atom. The van der Waals surface area contributed by atoms with E-state index in [4.69, 9.17) is 23.4 Å². The van der Waals surface area contributed by atoms with Gasteiger partial charge >= 0.3 is 6.09 Å². The molecule has 5 heterocycles. The first-order valence-corrected chi connectivity index (χ1v) is 18.0. The summed E-state index contributed by atoms with van der Waals surface area (Å²) in [7, 11) is 1.59. The molecule has 0 radical (unpaired) electrons. The zero-order valence-corrected chi connectivity index (χ0v) is 30.9. The smallest absolute Gasteiger partial charge is 0.419 e. The molecule has 6 aromatic rings. The molecule has 4 aromatic carbocycles. The number of rotatable bonds is 6. The second kappa shape index (κ2) is 12.6. The minimum Gasteiger partial charge on any atom is -0.489 e. The van der Waals surface area contributed by atoms with Gasteiger partial charge < -0.3 is 33.6 Å². The van der Waals surface area contributed by atoms with Crippen molar-refractivity contribution in [2.45, 2.75) is 57.6 Å². The summed E-state index contributed by atoms with van der Waals surface area (Å²) in [5.74, 6) is 0.435. The van der Waals surface area contributed by atoms with Gasteiger partial charge in [-0.2, -0.15) is 0 Å². The van der Waals surface area contributed by atoms with E-state index in [0.29, 0.717) is 57.1 Å². The molecule has 3 atom stereocenters. The number of hydrogen-bond donors (Lipinski definition) is 1. The molecule has 55 heavy (non-hydrogen) atoms. The summed E-state index contributed by atoms with van der Waals surface area (Å²) < 4.78 is 32.7. The van der Waals surface area contributed by atoms with Gasteiger partial charge in [0.15, 0.2) is 23.8 Å². The molecule has 0 aliphatic carbocycles. The van der Waals surface area contributed by atoms with Crippen molar-refractivity contribution in [1.29, 1.82) is 0 Å². The number of ether oxygens (including phenoxy) is 4. The Bertz CT molecular complexity index is 2530. The third kappa shape index (κ3) is 5.30. The van der Waals surface area contributed by atoms with Crippen LogP contribution in [0.25, 0.3) is 33.4 Å².